The van der Waals surface area contributed by atoms with Crippen LogP contribution in [0.5, 0.6) is 0 Å². The number of aliphatic hydroxyl groups excluding tert-OH is 2. The van der Waals surface area contributed by atoms with E-state index in [0.29, 0.717) is 70.9 Å². The van der Waals surface area contributed by atoms with Crippen molar-refractivity contribution in [2.45, 2.75) is 26.9 Å². The fraction of sp³-hybridized carbons (Fsp3) is 0.250. The van der Waals surface area contributed by atoms with Crippen molar-refractivity contribution >= 4 is 11.8 Å². The lowest BCUT2D eigenvalue weighted by molar-refractivity contribution is 0.0991. The number of carbonyl (C=O) groups excluding carboxylic acids is 2. The molecule has 4 aromatic rings. The van der Waals surface area contributed by atoms with Crippen molar-refractivity contribution in [1.82, 2.24) is 20.6 Å². The molecule has 10 nitrogen and oxygen atoms in total. The quantitative estimate of drug-likeness (QED) is 0.133. The molecule has 0 aliphatic carbocycles. The Balaban J connectivity index is 1.94. The largest absolute Gasteiger partial charge is 0.395 e. The Hall–Kier alpha value is -4.48. The Kier molecular flexibility index (Phi) is 10.1. The number of hydrogen-bond acceptors (Lipinski definition) is 8. The predicted molar refractivity (Wildman–Crippen MR) is 162 cm³/mol. The van der Waals surface area contributed by atoms with E-state index < -0.39 is 11.8 Å². The first kappa shape index (κ1) is 30.5. The molecular formula is C32H36N6O4. The zero-order chi connectivity index (χ0) is 30.2. The Morgan fingerprint density at radius 2 is 1.33 bits per heavy atom. The molecule has 2 heterocycles. The van der Waals surface area contributed by atoms with Crippen molar-refractivity contribution in [3.8, 4) is 33.6 Å². The van der Waals surface area contributed by atoms with Gasteiger partial charge in [-0.25, -0.2) is 0 Å². The molecule has 0 atom stereocenters. The van der Waals surface area contributed by atoms with E-state index in [-0.39, 0.29) is 13.2 Å². The first-order valence-electron chi connectivity index (χ1n) is 13.7. The number of hydrogen-bond donors (Lipinski definition) is 6. The number of primary amides is 2. The van der Waals surface area contributed by atoms with Gasteiger partial charge in [-0.2, -0.15) is 0 Å². The molecule has 0 saturated carbocycles. The summed E-state index contributed by atoms with van der Waals surface area (Å²) in [4.78, 5) is 34.7. The fourth-order valence-corrected chi connectivity index (χ4v) is 5.02. The number of carbonyl (C=O) groups is 2. The van der Waals surface area contributed by atoms with Gasteiger partial charge in [0.15, 0.2) is 0 Å². The average Bonchev–Trinajstić information content (AvgIpc) is 2.98. The van der Waals surface area contributed by atoms with Crippen LogP contribution >= 0.6 is 0 Å². The van der Waals surface area contributed by atoms with E-state index in [4.69, 9.17) is 26.7 Å². The fourth-order valence-electron chi connectivity index (χ4n) is 5.02. The van der Waals surface area contributed by atoms with Gasteiger partial charge in [-0.3, -0.25) is 19.6 Å². The number of benzene rings is 2. The molecule has 10 heteroatoms. The highest BCUT2D eigenvalue weighted by molar-refractivity contribution is 6.07. The van der Waals surface area contributed by atoms with Crippen molar-refractivity contribution in [3.05, 3.63) is 94.3 Å². The Morgan fingerprint density at radius 1 is 0.738 bits per heavy atom. The van der Waals surface area contributed by atoms with E-state index >= 15 is 0 Å². The second-order valence-corrected chi connectivity index (χ2v) is 9.96. The van der Waals surface area contributed by atoms with Crippen LogP contribution in [0, 0.1) is 13.8 Å². The number of pyridine rings is 2. The Labute approximate surface area is 244 Å². The van der Waals surface area contributed by atoms with Crippen molar-refractivity contribution in [2.24, 2.45) is 11.5 Å². The number of nitrogens with one attached hydrogen (secondary N) is 2. The summed E-state index contributed by atoms with van der Waals surface area (Å²) in [7, 11) is 0. The summed E-state index contributed by atoms with van der Waals surface area (Å²) in [6, 6.07) is 14.8. The number of amides is 2. The normalized spacial score (nSPS) is 11.0. The second-order valence-electron chi connectivity index (χ2n) is 9.96. The topological polar surface area (TPSA) is 176 Å². The van der Waals surface area contributed by atoms with Crippen molar-refractivity contribution in [1.29, 1.82) is 0 Å². The molecule has 2 aromatic heterocycles. The molecule has 8 N–H and O–H groups in total. The summed E-state index contributed by atoms with van der Waals surface area (Å²) < 4.78 is 0. The van der Waals surface area contributed by atoms with E-state index in [1.165, 1.54) is 0 Å². The minimum atomic E-state index is -0.616. The Bertz CT molecular complexity index is 1570. The lowest BCUT2D eigenvalue weighted by Crippen LogP contribution is -2.18. The summed E-state index contributed by atoms with van der Waals surface area (Å²) in [6.07, 6.45) is 3.47. The molecule has 42 heavy (non-hydrogen) atoms. The minimum Gasteiger partial charge on any atom is -0.395 e. The minimum absolute atomic E-state index is 0.0353. The molecule has 0 aliphatic rings. The van der Waals surface area contributed by atoms with E-state index in [2.05, 4.69) is 15.6 Å². The van der Waals surface area contributed by atoms with Crippen LogP contribution in [0.3, 0.4) is 0 Å². The summed E-state index contributed by atoms with van der Waals surface area (Å²) >= 11 is 0. The van der Waals surface area contributed by atoms with Crippen LogP contribution in [-0.2, 0) is 13.1 Å². The molecule has 0 fully saturated rings. The smallest absolute Gasteiger partial charge is 0.249 e. The monoisotopic (exact) mass is 568 g/mol. The molecule has 2 aromatic carbocycles. The van der Waals surface area contributed by atoms with Gasteiger partial charge in [0.2, 0.25) is 11.8 Å². The predicted octanol–water partition coefficient (Wildman–Crippen LogP) is 2.46. The van der Waals surface area contributed by atoms with Crippen LogP contribution in [0.25, 0.3) is 33.6 Å². The van der Waals surface area contributed by atoms with Gasteiger partial charge in [0, 0.05) is 55.3 Å². The molecule has 0 saturated heterocycles. The third-order valence-electron chi connectivity index (χ3n) is 7.14. The third-order valence-corrected chi connectivity index (χ3v) is 7.14. The number of nitrogens with zero attached hydrogens (tertiary/aromatic N) is 2. The second kappa shape index (κ2) is 13.9. The van der Waals surface area contributed by atoms with Crippen molar-refractivity contribution in [2.75, 3.05) is 26.3 Å². The zero-order valence-corrected chi connectivity index (χ0v) is 23.8. The van der Waals surface area contributed by atoms with Crippen molar-refractivity contribution in [3.63, 3.8) is 0 Å². The molecule has 0 bridgehead atoms. The van der Waals surface area contributed by atoms with Crippen LogP contribution in [0.15, 0.2) is 60.9 Å². The molecule has 0 unspecified atom stereocenters. The number of aliphatic hydroxyl groups is 2. The maximum absolute atomic E-state index is 13.1. The first-order chi connectivity index (χ1) is 20.3. The Morgan fingerprint density at radius 3 is 1.83 bits per heavy atom. The maximum Gasteiger partial charge on any atom is 0.249 e. The van der Waals surface area contributed by atoms with E-state index in [1.54, 1.807) is 24.5 Å². The maximum atomic E-state index is 13.1. The van der Waals surface area contributed by atoms with E-state index in [0.717, 1.165) is 22.3 Å². The van der Waals surface area contributed by atoms with Gasteiger partial charge in [0.25, 0.3) is 0 Å². The zero-order valence-electron chi connectivity index (χ0n) is 23.8. The lowest BCUT2D eigenvalue weighted by Gasteiger charge is -2.21. The highest BCUT2D eigenvalue weighted by Crippen LogP contribution is 2.41. The van der Waals surface area contributed by atoms with Gasteiger partial charge in [-0.15, -0.1) is 0 Å². The summed E-state index contributed by atoms with van der Waals surface area (Å²) in [5.74, 6) is -1.15. The van der Waals surface area contributed by atoms with Crippen LogP contribution < -0.4 is 22.1 Å². The molecule has 0 aliphatic heterocycles. The summed E-state index contributed by atoms with van der Waals surface area (Å²) in [5.41, 5.74) is 19.4. The van der Waals surface area contributed by atoms with Gasteiger partial charge >= 0.3 is 0 Å². The van der Waals surface area contributed by atoms with Gasteiger partial charge < -0.3 is 32.3 Å². The van der Waals surface area contributed by atoms with E-state index in [1.807, 2.05) is 50.2 Å². The molecule has 4 rings (SSSR count). The lowest BCUT2D eigenvalue weighted by atomic mass is 9.84. The van der Waals surface area contributed by atoms with Crippen LogP contribution in [0.1, 0.15) is 43.0 Å². The van der Waals surface area contributed by atoms with Crippen molar-refractivity contribution < 1.29 is 19.8 Å². The number of aromatic nitrogens is 2. The SMILES string of the molecule is Cc1c(C(N)=O)cccc1-c1cc(-c2ccc(CNCCO)cn2)c(-c2ccc(CNCCO)cn2)c(C(N)=O)c1C. The van der Waals surface area contributed by atoms with Gasteiger partial charge in [-0.1, -0.05) is 24.3 Å². The van der Waals surface area contributed by atoms with E-state index in [9.17, 15) is 9.59 Å². The van der Waals surface area contributed by atoms with Gasteiger partial charge in [0.05, 0.1) is 30.2 Å². The highest BCUT2D eigenvalue weighted by atomic mass is 16.3. The molecular weight excluding hydrogens is 532 g/mol. The van der Waals surface area contributed by atoms with Crippen LogP contribution in [-0.4, -0.2) is 58.3 Å². The third kappa shape index (κ3) is 6.69. The van der Waals surface area contributed by atoms with Crippen LogP contribution in [0.2, 0.25) is 0 Å². The molecule has 0 radical (unpaired) electrons. The molecule has 218 valence electrons. The average molecular weight is 569 g/mol. The first-order valence-corrected chi connectivity index (χ1v) is 13.7. The number of rotatable bonds is 13. The standard InChI is InChI=1S/C32H36N6O4/c1-19-23(4-3-5-24(19)31(33)41)25-14-26(27-8-6-21(17-37-27)15-35-10-12-39)30(29(20(25)2)32(34)42)28-9-7-22(18-38-28)16-36-11-13-40/h3-9,14,17-18,35-36,39-40H,10-13,15-16H2,1-2H3,(H2,33,41)(H2,34,42). The van der Waals surface area contributed by atoms with Gasteiger partial charge in [0.1, 0.15) is 0 Å². The molecule has 0 spiro atoms. The molecule has 2 amide bonds. The summed E-state index contributed by atoms with van der Waals surface area (Å²) in [5, 5.41) is 24.4. The summed E-state index contributed by atoms with van der Waals surface area (Å²) in [6.45, 7) is 5.73. The van der Waals surface area contributed by atoms with Gasteiger partial charge in [-0.05, 0) is 71.5 Å². The van der Waals surface area contributed by atoms with Crippen LogP contribution in [0.4, 0.5) is 0 Å². The highest BCUT2D eigenvalue weighted by Gasteiger charge is 2.25. The number of nitrogens with two attached hydrogens (primary N) is 2.